The lowest BCUT2D eigenvalue weighted by Crippen LogP contribution is -2.20. The van der Waals surface area contributed by atoms with Gasteiger partial charge in [-0.15, -0.1) is 11.3 Å². The summed E-state index contributed by atoms with van der Waals surface area (Å²) in [4.78, 5) is 2.35. The van der Waals surface area contributed by atoms with Gasteiger partial charge in [-0.2, -0.15) is 0 Å². The van der Waals surface area contributed by atoms with Crippen LogP contribution in [0.25, 0.3) is 0 Å². The van der Waals surface area contributed by atoms with Crippen molar-refractivity contribution in [2.24, 2.45) is 0 Å². The number of rotatable bonds is 5. The standard InChI is InChI=1S/C14H22O2S/c1-11-7-8-13(17-11)14(2,15)9-3-5-12-6-4-10-16-12/h7-8,12,15H,3-6,9-10H2,1-2H3. The summed E-state index contributed by atoms with van der Waals surface area (Å²) in [7, 11) is 0. The van der Waals surface area contributed by atoms with Crippen LogP contribution in [0.1, 0.15) is 48.8 Å². The first kappa shape index (κ1) is 13.1. The lowest BCUT2D eigenvalue weighted by Gasteiger charge is -2.22. The smallest absolute Gasteiger partial charge is 0.0960 e. The molecule has 1 aliphatic heterocycles. The first-order chi connectivity index (χ1) is 8.08. The van der Waals surface area contributed by atoms with Gasteiger partial charge in [0.25, 0.3) is 0 Å². The zero-order valence-corrected chi connectivity index (χ0v) is 11.6. The maximum atomic E-state index is 10.4. The maximum Gasteiger partial charge on any atom is 0.0960 e. The first-order valence-corrected chi connectivity index (χ1v) is 7.30. The fraction of sp³-hybridized carbons (Fsp3) is 0.714. The average molecular weight is 254 g/mol. The van der Waals surface area contributed by atoms with Crippen molar-refractivity contribution in [3.63, 3.8) is 0 Å². The molecule has 1 N–H and O–H groups in total. The zero-order chi connectivity index (χ0) is 12.3. The van der Waals surface area contributed by atoms with E-state index in [0.29, 0.717) is 6.10 Å². The highest BCUT2D eigenvalue weighted by molar-refractivity contribution is 7.12. The van der Waals surface area contributed by atoms with Crippen LogP contribution in [0, 0.1) is 6.92 Å². The monoisotopic (exact) mass is 254 g/mol. The van der Waals surface area contributed by atoms with Gasteiger partial charge in [0.1, 0.15) is 0 Å². The molecule has 0 saturated carbocycles. The maximum absolute atomic E-state index is 10.4. The number of aliphatic hydroxyl groups is 1. The molecule has 1 fully saturated rings. The quantitative estimate of drug-likeness (QED) is 0.869. The molecule has 3 heteroatoms. The van der Waals surface area contributed by atoms with Crippen molar-refractivity contribution < 1.29 is 9.84 Å². The summed E-state index contributed by atoms with van der Waals surface area (Å²) in [6.07, 6.45) is 5.78. The molecule has 1 aromatic heterocycles. The largest absolute Gasteiger partial charge is 0.385 e. The van der Waals surface area contributed by atoms with E-state index in [4.69, 9.17) is 4.74 Å². The van der Waals surface area contributed by atoms with Crippen molar-refractivity contribution in [1.29, 1.82) is 0 Å². The Kier molecular flexibility index (Phi) is 4.23. The summed E-state index contributed by atoms with van der Waals surface area (Å²) in [5, 5.41) is 10.4. The molecule has 96 valence electrons. The van der Waals surface area contributed by atoms with Crippen LogP contribution in [0.2, 0.25) is 0 Å². The Labute approximate surface area is 108 Å². The Morgan fingerprint density at radius 1 is 1.53 bits per heavy atom. The normalized spacial score (nSPS) is 23.8. The molecule has 0 spiro atoms. The highest BCUT2D eigenvalue weighted by Crippen LogP contribution is 2.32. The molecule has 1 aliphatic rings. The Bertz CT molecular complexity index is 351. The summed E-state index contributed by atoms with van der Waals surface area (Å²) in [6.45, 7) is 4.93. The molecule has 0 radical (unpaired) electrons. The fourth-order valence-corrected chi connectivity index (χ4v) is 3.33. The fourth-order valence-electron chi connectivity index (χ4n) is 2.39. The SMILES string of the molecule is Cc1ccc(C(C)(O)CCCC2CCCO2)s1. The molecule has 0 aliphatic carbocycles. The van der Waals surface area contributed by atoms with Crippen molar-refractivity contribution in [2.45, 2.75) is 57.7 Å². The van der Waals surface area contributed by atoms with Crippen LogP contribution in [0.4, 0.5) is 0 Å². The molecule has 2 heterocycles. The van der Waals surface area contributed by atoms with Gasteiger partial charge < -0.3 is 9.84 Å². The number of aryl methyl sites for hydroxylation is 1. The number of ether oxygens (including phenoxy) is 1. The van der Waals surface area contributed by atoms with Gasteiger partial charge in [0.2, 0.25) is 0 Å². The van der Waals surface area contributed by atoms with E-state index in [1.165, 1.54) is 17.7 Å². The third-order valence-corrected chi connectivity index (χ3v) is 4.74. The second-order valence-corrected chi connectivity index (χ2v) is 6.50. The topological polar surface area (TPSA) is 29.5 Å². The molecule has 0 bridgehead atoms. The van der Waals surface area contributed by atoms with Gasteiger partial charge in [-0.1, -0.05) is 0 Å². The van der Waals surface area contributed by atoms with Crippen LogP contribution in [0.15, 0.2) is 12.1 Å². The van der Waals surface area contributed by atoms with E-state index in [-0.39, 0.29) is 0 Å². The number of hydrogen-bond acceptors (Lipinski definition) is 3. The average Bonchev–Trinajstić information content (AvgIpc) is 2.89. The Hall–Kier alpha value is -0.380. The van der Waals surface area contributed by atoms with Crippen LogP contribution in [-0.4, -0.2) is 17.8 Å². The van der Waals surface area contributed by atoms with Gasteiger partial charge in [0.15, 0.2) is 0 Å². The van der Waals surface area contributed by atoms with Gasteiger partial charge in [0.05, 0.1) is 11.7 Å². The molecular formula is C14H22O2S. The van der Waals surface area contributed by atoms with E-state index in [1.807, 2.05) is 13.0 Å². The van der Waals surface area contributed by atoms with Crippen molar-refractivity contribution in [1.82, 2.24) is 0 Å². The minimum absolute atomic E-state index is 0.441. The van der Waals surface area contributed by atoms with E-state index in [2.05, 4.69) is 13.0 Å². The van der Waals surface area contributed by atoms with E-state index in [9.17, 15) is 5.11 Å². The lowest BCUT2D eigenvalue weighted by atomic mass is 9.95. The summed E-state index contributed by atoms with van der Waals surface area (Å²) < 4.78 is 5.60. The van der Waals surface area contributed by atoms with Gasteiger partial charge in [-0.05, 0) is 58.1 Å². The molecule has 2 atom stereocenters. The van der Waals surface area contributed by atoms with Crippen LogP contribution in [-0.2, 0) is 10.3 Å². The molecule has 17 heavy (non-hydrogen) atoms. The van der Waals surface area contributed by atoms with Crippen LogP contribution in [0.3, 0.4) is 0 Å². The first-order valence-electron chi connectivity index (χ1n) is 6.49. The summed E-state index contributed by atoms with van der Waals surface area (Å²) in [6, 6.07) is 4.13. The third-order valence-electron chi connectivity index (χ3n) is 3.48. The van der Waals surface area contributed by atoms with E-state index in [1.54, 1.807) is 11.3 Å². The summed E-state index contributed by atoms with van der Waals surface area (Å²) >= 11 is 1.70. The lowest BCUT2D eigenvalue weighted by molar-refractivity contribution is 0.0404. The number of hydrogen-bond donors (Lipinski definition) is 1. The Balaban J connectivity index is 1.80. The summed E-state index contributed by atoms with van der Waals surface area (Å²) in [5.74, 6) is 0. The molecule has 2 unspecified atom stereocenters. The van der Waals surface area contributed by atoms with Gasteiger partial charge >= 0.3 is 0 Å². The van der Waals surface area contributed by atoms with Crippen LogP contribution in [0.5, 0.6) is 0 Å². The third kappa shape index (κ3) is 3.54. The van der Waals surface area contributed by atoms with E-state index in [0.717, 1.165) is 30.7 Å². The van der Waals surface area contributed by atoms with Crippen molar-refractivity contribution in [3.05, 3.63) is 21.9 Å². The molecule has 2 nitrogen and oxygen atoms in total. The Morgan fingerprint density at radius 3 is 2.94 bits per heavy atom. The molecule has 0 aromatic carbocycles. The molecule has 0 amide bonds. The second kappa shape index (κ2) is 5.51. The number of thiophene rings is 1. The Morgan fingerprint density at radius 2 is 2.35 bits per heavy atom. The van der Waals surface area contributed by atoms with Crippen LogP contribution < -0.4 is 0 Å². The highest BCUT2D eigenvalue weighted by atomic mass is 32.1. The molecule has 1 saturated heterocycles. The van der Waals surface area contributed by atoms with Crippen molar-refractivity contribution >= 4 is 11.3 Å². The van der Waals surface area contributed by atoms with Crippen molar-refractivity contribution in [2.75, 3.05) is 6.61 Å². The van der Waals surface area contributed by atoms with E-state index >= 15 is 0 Å². The minimum Gasteiger partial charge on any atom is -0.385 e. The van der Waals surface area contributed by atoms with Crippen LogP contribution >= 0.6 is 11.3 Å². The second-order valence-electron chi connectivity index (χ2n) is 5.21. The zero-order valence-electron chi connectivity index (χ0n) is 10.7. The molecule has 2 rings (SSSR count). The van der Waals surface area contributed by atoms with Gasteiger partial charge in [0, 0.05) is 16.4 Å². The molecular weight excluding hydrogens is 232 g/mol. The van der Waals surface area contributed by atoms with Gasteiger partial charge in [-0.3, -0.25) is 0 Å². The van der Waals surface area contributed by atoms with E-state index < -0.39 is 5.60 Å². The minimum atomic E-state index is -0.669. The van der Waals surface area contributed by atoms with Gasteiger partial charge in [-0.25, -0.2) is 0 Å². The predicted octanol–water partition coefficient (Wildman–Crippen LogP) is 3.61. The summed E-state index contributed by atoms with van der Waals surface area (Å²) in [5.41, 5.74) is -0.669. The highest BCUT2D eigenvalue weighted by Gasteiger charge is 2.25. The predicted molar refractivity (Wildman–Crippen MR) is 71.5 cm³/mol. The molecule has 1 aromatic rings. The van der Waals surface area contributed by atoms with Crippen molar-refractivity contribution in [3.8, 4) is 0 Å².